The number of aromatic nitrogens is 3. The third kappa shape index (κ3) is 13.1. The highest BCUT2D eigenvalue weighted by atomic mass is 32.2. The highest BCUT2D eigenvalue weighted by Crippen LogP contribution is 2.45. The summed E-state index contributed by atoms with van der Waals surface area (Å²) in [6.45, 7) is 20.1. The van der Waals surface area contributed by atoms with Crippen molar-refractivity contribution in [2.75, 3.05) is 54.9 Å². The third-order valence-corrected chi connectivity index (χ3v) is 18.9. The molecule has 20 atom stereocenters. The number of rotatable bonds is 17. The van der Waals surface area contributed by atoms with Crippen LogP contribution in [0.15, 0.2) is 35.4 Å². The molecule has 4 aliphatic rings. The van der Waals surface area contributed by atoms with Crippen LogP contribution < -0.4 is 0 Å². The average Bonchev–Trinajstić information content (AvgIpc) is 3.96. The molecule has 1 amide bonds. The number of carbonyl (C=O) groups excluding carboxylic acids is 3. The first kappa shape index (κ1) is 62.5. The van der Waals surface area contributed by atoms with E-state index in [0.717, 1.165) is 6.26 Å². The highest BCUT2D eigenvalue weighted by Gasteiger charge is 2.60. The topological polar surface area (TPSA) is 226 Å². The number of Topliss-reactive ketones (excluding diaryl/α,β-unsaturated/α-hetero) is 1. The molecule has 4 aliphatic heterocycles. The second-order valence-electron chi connectivity index (χ2n) is 23.1. The molecule has 20 nitrogen and oxygen atoms in total. The number of likely N-dealkylation sites (N-methyl/N-ethyl adjacent to an activating group) is 2. The van der Waals surface area contributed by atoms with Crippen LogP contribution in [0.4, 0.5) is 9.18 Å². The maximum Gasteiger partial charge on any atom is 0.410 e. The number of benzene rings is 1. The van der Waals surface area contributed by atoms with Crippen molar-refractivity contribution in [3.63, 3.8) is 0 Å². The van der Waals surface area contributed by atoms with Crippen LogP contribution in [0.1, 0.15) is 125 Å². The summed E-state index contributed by atoms with van der Waals surface area (Å²) < 4.78 is 98.3. The monoisotopic (exact) mass is 1110 g/mol. The summed E-state index contributed by atoms with van der Waals surface area (Å²) in [7, 11) is 4.66. The molecule has 1 aromatic carbocycles. The summed E-state index contributed by atoms with van der Waals surface area (Å²) in [5.41, 5.74) is -2.21. The van der Waals surface area contributed by atoms with Crippen molar-refractivity contribution >= 4 is 27.7 Å². The van der Waals surface area contributed by atoms with Gasteiger partial charge in [-0.15, -0.1) is 5.10 Å². The summed E-state index contributed by atoms with van der Waals surface area (Å²) in [6.07, 6.45) is -4.13. The number of hydrogen-bond donors (Lipinski definition) is 1. The van der Waals surface area contributed by atoms with Crippen molar-refractivity contribution in [1.82, 2.24) is 24.8 Å². The van der Waals surface area contributed by atoms with Crippen LogP contribution in [0.5, 0.6) is 0 Å². The highest BCUT2D eigenvalue weighted by molar-refractivity contribution is 7.90. The predicted octanol–water partition coefficient (Wildman–Crippen LogP) is 6.32. The zero-order valence-corrected chi connectivity index (χ0v) is 49.2. The average molecular weight is 1110 g/mol. The molecule has 0 bridgehead atoms. The van der Waals surface area contributed by atoms with Gasteiger partial charge in [-0.25, -0.2) is 22.3 Å². The molecule has 436 valence electrons. The van der Waals surface area contributed by atoms with Crippen LogP contribution in [0.2, 0.25) is 0 Å². The lowest BCUT2D eigenvalue weighted by molar-refractivity contribution is -0.315. The standard InChI is InChI=1S/C55H88FN5O15S/c1-18-42-55(11)48(60(13)52(65)76-55)32(4)44(62)30(2)26-54(10,70-16)49(33(5)46(34(6)50(64)73-42)74-43-27-53(9,69-15)35(7)36(8)72-43)75-51-45(63)40(25-31(3)71-51)59(12)24-23-38-29-61(58-57-38)41(28-56)47(68-14)37-19-21-39(22-20-37)77(17,66)67/h19-22,29-36,40-43,45-49,51,63H,18,23-28H2,1-17H3/t30-,31-,32+,33+,34-,35+,36+,40+,41-,42-,43+,45-,46+,47-,48-,49-,51+,53-,54-,55-/m1/s1. The summed E-state index contributed by atoms with van der Waals surface area (Å²) in [4.78, 5) is 46.6. The Bertz CT molecular complexity index is 2440. The van der Waals surface area contributed by atoms with Crippen molar-refractivity contribution in [2.45, 2.75) is 203 Å². The van der Waals surface area contributed by atoms with Crippen LogP contribution in [0.25, 0.3) is 0 Å². The fourth-order valence-corrected chi connectivity index (χ4v) is 13.3. The first-order chi connectivity index (χ1) is 36.0. The molecule has 77 heavy (non-hydrogen) atoms. The Morgan fingerprint density at radius 1 is 0.935 bits per heavy atom. The maximum absolute atomic E-state index is 14.9. The van der Waals surface area contributed by atoms with Crippen molar-refractivity contribution in [2.24, 2.45) is 29.6 Å². The maximum atomic E-state index is 14.9. The Morgan fingerprint density at radius 2 is 1.58 bits per heavy atom. The van der Waals surface area contributed by atoms with Crippen molar-refractivity contribution in [3.05, 3.63) is 41.7 Å². The van der Waals surface area contributed by atoms with E-state index in [4.69, 9.17) is 42.6 Å². The second kappa shape index (κ2) is 25.0. The number of ether oxygens (including phenoxy) is 9. The lowest BCUT2D eigenvalue weighted by atomic mass is 9.73. The zero-order valence-electron chi connectivity index (χ0n) is 48.3. The van der Waals surface area contributed by atoms with Gasteiger partial charge in [0.15, 0.2) is 28.0 Å². The van der Waals surface area contributed by atoms with Crippen LogP contribution in [0.3, 0.4) is 0 Å². The molecular formula is C55H88FN5O15S. The number of ketones is 1. The normalized spacial score (nSPS) is 38.7. The van der Waals surface area contributed by atoms with Crippen LogP contribution in [-0.4, -0.2) is 189 Å². The van der Waals surface area contributed by atoms with E-state index in [1.54, 1.807) is 53.3 Å². The third-order valence-electron chi connectivity index (χ3n) is 17.8. The van der Waals surface area contributed by atoms with Crippen molar-refractivity contribution in [3.8, 4) is 0 Å². The molecule has 0 unspecified atom stereocenters. The number of carbonyl (C=O) groups is 3. The Balaban J connectivity index is 1.31. The van der Waals surface area contributed by atoms with Crippen LogP contribution >= 0.6 is 0 Å². The smallest absolute Gasteiger partial charge is 0.410 e. The van der Waals surface area contributed by atoms with Gasteiger partial charge in [0.1, 0.15) is 36.8 Å². The first-order valence-electron chi connectivity index (χ1n) is 27.1. The number of methoxy groups -OCH3 is 3. The Morgan fingerprint density at radius 3 is 2.17 bits per heavy atom. The van der Waals surface area contributed by atoms with Crippen LogP contribution in [-0.2, 0) is 68.5 Å². The van der Waals surface area contributed by atoms with Crippen molar-refractivity contribution < 1.29 is 74.9 Å². The van der Waals surface area contributed by atoms with E-state index in [1.165, 1.54) is 35.9 Å². The van der Waals surface area contributed by atoms with E-state index in [2.05, 4.69) is 17.2 Å². The molecule has 4 fully saturated rings. The molecule has 6 rings (SSSR count). The minimum atomic E-state index is -3.44. The number of cyclic esters (lactones) is 1. The quantitative estimate of drug-likeness (QED) is 0.171. The molecule has 5 heterocycles. The van der Waals surface area contributed by atoms with E-state index < -0.39 is 136 Å². The van der Waals surface area contributed by atoms with Gasteiger partial charge >= 0.3 is 12.1 Å². The van der Waals surface area contributed by atoms with Gasteiger partial charge in [0.05, 0.1) is 58.2 Å². The molecule has 0 aliphatic carbocycles. The number of amides is 1. The van der Waals surface area contributed by atoms with Crippen LogP contribution in [0, 0.1) is 29.6 Å². The molecule has 22 heteroatoms. The van der Waals surface area contributed by atoms with Gasteiger partial charge in [-0.1, -0.05) is 52.0 Å². The Kier molecular flexibility index (Phi) is 20.3. The molecule has 0 radical (unpaired) electrons. The lowest BCUT2D eigenvalue weighted by Gasteiger charge is -2.50. The number of esters is 1. The minimum absolute atomic E-state index is 0.00634. The second-order valence-corrected chi connectivity index (χ2v) is 25.1. The predicted molar refractivity (Wildman–Crippen MR) is 281 cm³/mol. The molecule has 0 spiro atoms. The van der Waals surface area contributed by atoms with Gasteiger partial charge in [0.25, 0.3) is 0 Å². The summed E-state index contributed by atoms with van der Waals surface area (Å²) in [5.74, 6) is -3.97. The van der Waals surface area contributed by atoms with Gasteiger partial charge in [-0.05, 0) is 85.5 Å². The first-order valence-corrected chi connectivity index (χ1v) is 29.0. The minimum Gasteiger partial charge on any atom is -0.458 e. The Hall–Kier alpha value is -3.71. The van der Waals surface area contributed by atoms with Gasteiger partial charge in [-0.2, -0.15) is 0 Å². The largest absolute Gasteiger partial charge is 0.458 e. The fraction of sp³-hybridized carbons (Fsp3) is 0.800. The SMILES string of the molecule is CC[C@H]1OC(=O)[C@H](C)[C@@H](O[C@H]2C[C@@](C)(OC)[C@@H](C)[C@H](C)O2)[C@H](C)[C@@H](O[C@@H]2O[C@H](C)C[C@H](N(C)CCc3cn([C@H](CF)[C@H](OC)c4ccc(S(C)(=O)=O)cc4)nn3)[C@H]2O)[C@](C)(OC)C[C@@H](C)C(=O)[C@H](C)[C@H]2N(C)C(=O)O[C@]12C. The van der Waals surface area contributed by atoms with E-state index in [-0.39, 0.29) is 35.5 Å². The number of aliphatic hydroxyl groups is 1. The number of nitrogens with zero attached hydrogens (tertiary/aromatic N) is 5. The van der Waals surface area contributed by atoms with Crippen molar-refractivity contribution in [1.29, 1.82) is 0 Å². The van der Waals surface area contributed by atoms with E-state index in [0.29, 0.717) is 37.1 Å². The van der Waals surface area contributed by atoms with E-state index in [1.807, 2.05) is 60.4 Å². The molecule has 2 aromatic rings. The molecular weight excluding hydrogens is 1020 g/mol. The van der Waals surface area contributed by atoms with Gasteiger partial charge in [-0.3, -0.25) is 9.59 Å². The zero-order chi connectivity index (χ0) is 57.3. The number of aliphatic hydroxyl groups excluding tert-OH is 1. The van der Waals surface area contributed by atoms with Gasteiger partial charge in [0.2, 0.25) is 0 Å². The van der Waals surface area contributed by atoms with Gasteiger partial charge < -0.3 is 57.5 Å². The number of sulfone groups is 1. The molecule has 1 aromatic heterocycles. The number of hydrogen-bond acceptors (Lipinski definition) is 18. The number of alkyl halides is 1. The summed E-state index contributed by atoms with van der Waals surface area (Å²) in [6, 6.07) is 3.91. The number of fused-ring (bicyclic) bond motifs is 1. The summed E-state index contributed by atoms with van der Waals surface area (Å²) in [5, 5.41) is 21.0. The molecule has 4 saturated heterocycles. The fourth-order valence-electron chi connectivity index (χ4n) is 12.6. The van der Waals surface area contributed by atoms with Gasteiger partial charge in [0, 0.05) is 89.9 Å². The van der Waals surface area contributed by atoms with E-state index in [9.17, 15) is 32.3 Å². The summed E-state index contributed by atoms with van der Waals surface area (Å²) >= 11 is 0. The molecule has 0 saturated carbocycles. The molecule has 1 N–H and O–H groups in total. The number of halogens is 1. The Labute approximate surface area is 455 Å². The van der Waals surface area contributed by atoms with E-state index >= 15 is 0 Å². The lowest BCUT2D eigenvalue weighted by Crippen LogP contribution is -2.61.